The number of hydrogen-bond donors (Lipinski definition) is 1. The van der Waals surface area contributed by atoms with Crippen molar-refractivity contribution >= 4 is 25.5 Å². The Morgan fingerprint density at radius 1 is 1.04 bits per heavy atom. The summed E-state index contributed by atoms with van der Waals surface area (Å²) in [6.07, 6.45) is 1.01. The van der Waals surface area contributed by atoms with E-state index in [1.54, 1.807) is 30.3 Å². The van der Waals surface area contributed by atoms with E-state index >= 15 is 0 Å². The molecule has 0 heterocycles. The molecule has 0 saturated carbocycles. The second-order valence-corrected chi connectivity index (χ2v) is 9.70. The third-order valence-corrected chi connectivity index (χ3v) is 6.27. The zero-order chi connectivity index (χ0) is 19.5. The van der Waals surface area contributed by atoms with E-state index in [9.17, 15) is 26.9 Å². The molecule has 2 aromatic rings. The van der Waals surface area contributed by atoms with Crippen molar-refractivity contribution in [3.63, 3.8) is 0 Å². The van der Waals surface area contributed by atoms with E-state index in [1.165, 1.54) is 25.1 Å². The SMILES string of the molecule is Cc1c([N+](=O)[O-])cccc1S(=O)(=O)N[C@@H](CS(C)(=O)=O)c1ccccc1. The lowest BCUT2D eigenvalue weighted by molar-refractivity contribution is -0.385. The molecule has 0 bridgehead atoms. The first kappa shape index (κ1) is 20.0. The number of nitrogens with zero attached hydrogens (tertiary/aromatic N) is 1. The molecule has 2 rings (SSSR count). The van der Waals surface area contributed by atoms with Crippen molar-refractivity contribution in [2.24, 2.45) is 0 Å². The fraction of sp³-hybridized carbons (Fsp3) is 0.250. The molecule has 1 N–H and O–H groups in total. The average molecular weight is 398 g/mol. The summed E-state index contributed by atoms with van der Waals surface area (Å²) in [6, 6.07) is 11.0. The standard InChI is InChI=1S/C16H18N2O6S2/c1-12-15(18(19)20)9-6-10-16(12)26(23,24)17-14(11-25(2,21)22)13-7-4-3-5-8-13/h3-10,14,17H,11H2,1-2H3/t14-/m0/s1. The number of hydrogen-bond acceptors (Lipinski definition) is 6. The maximum absolute atomic E-state index is 12.8. The van der Waals surface area contributed by atoms with Crippen molar-refractivity contribution < 1.29 is 21.8 Å². The number of sulfonamides is 1. The summed E-state index contributed by atoms with van der Waals surface area (Å²) in [6.45, 7) is 1.33. The number of sulfone groups is 1. The molecule has 0 fully saturated rings. The van der Waals surface area contributed by atoms with Crippen LogP contribution in [-0.4, -0.2) is 33.8 Å². The number of benzene rings is 2. The van der Waals surface area contributed by atoms with Crippen LogP contribution >= 0.6 is 0 Å². The summed E-state index contributed by atoms with van der Waals surface area (Å²) in [7, 11) is -7.68. The minimum Gasteiger partial charge on any atom is -0.258 e. The minimum atomic E-state index is -4.19. The lowest BCUT2D eigenvalue weighted by Gasteiger charge is -2.19. The van der Waals surface area contributed by atoms with Gasteiger partial charge in [0, 0.05) is 17.9 Å². The fourth-order valence-corrected chi connectivity index (χ4v) is 5.00. The Kier molecular flexibility index (Phi) is 5.79. The van der Waals surface area contributed by atoms with E-state index in [0.29, 0.717) is 5.56 Å². The second kappa shape index (κ2) is 7.52. The van der Waals surface area contributed by atoms with Crippen LogP contribution < -0.4 is 4.72 Å². The normalized spacial score (nSPS) is 13.3. The van der Waals surface area contributed by atoms with Gasteiger partial charge in [0.15, 0.2) is 0 Å². The van der Waals surface area contributed by atoms with Crippen molar-refractivity contribution in [1.29, 1.82) is 0 Å². The van der Waals surface area contributed by atoms with Gasteiger partial charge in [-0.15, -0.1) is 0 Å². The molecule has 0 amide bonds. The van der Waals surface area contributed by atoms with Gasteiger partial charge in [-0.1, -0.05) is 36.4 Å². The summed E-state index contributed by atoms with van der Waals surface area (Å²) in [5.41, 5.74) is 0.132. The Labute approximate surface area is 152 Å². The second-order valence-electron chi connectivity index (χ2n) is 5.83. The molecule has 0 aliphatic rings. The van der Waals surface area contributed by atoms with E-state index in [-0.39, 0.29) is 16.1 Å². The molecule has 10 heteroatoms. The predicted octanol–water partition coefficient (Wildman–Crippen LogP) is 1.97. The van der Waals surface area contributed by atoms with Crippen LogP contribution in [0.1, 0.15) is 17.2 Å². The zero-order valence-electron chi connectivity index (χ0n) is 14.1. The highest BCUT2D eigenvalue weighted by atomic mass is 32.2. The van der Waals surface area contributed by atoms with Gasteiger partial charge in [-0.3, -0.25) is 10.1 Å². The Morgan fingerprint density at radius 3 is 2.19 bits per heavy atom. The molecule has 140 valence electrons. The van der Waals surface area contributed by atoms with Gasteiger partial charge < -0.3 is 0 Å². The quantitative estimate of drug-likeness (QED) is 0.562. The summed E-state index contributed by atoms with van der Waals surface area (Å²) >= 11 is 0. The van der Waals surface area contributed by atoms with Crippen LogP contribution in [0.2, 0.25) is 0 Å². The topological polar surface area (TPSA) is 123 Å². The van der Waals surface area contributed by atoms with Crippen molar-refractivity contribution in [2.75, 3.05) is 12.0 Å². The monoisotopic (exact) mass is 398 g/mol. The van der Waals surface area contributed by atoms with E-state index < -0.39 is 36.6 Å². The van der Waals surface area contributed by atoms with Crippen LogP contribution in [-0.2, 0) is 19.9 Å². The molecule has 0 aromatic heterocycles. The fourth-order valence-electron chi connectivity index (χ4n) is 2.53. The Morgan fingerprint density at radius 2 is 1.65 bits per heavy atom. The van der Waals surface area contributed by atoms with Gasteiger partial charge >= 0.3 is 0 Å². The van der Waals surface area contributed by atoms with Gasteiger partial charge in [-0.2, -0.15) is 0 Å². The van der Waals surface area contributed by atoms with Crippen molar-refractivity contribution in [2.45, 2.75) is 17.9 Å². The van der Waals surface area contributed by atoms with Crippen LogP contribution in [0.25, 0.3) is 0 Å². The van der Waals surface area contributed by atoms with E-state index in [4.69, 9.17) is 0 Å². The molecule has 0 radical (unpaired) electrons. The molecule has 2 aromatic carbocycles. The van der Waals surface area contributed by atoms with E-state index in [2.05, 4.69) is 4.72 Å². The van der Waals surface area contributed by atoms with Crippen LogP contribution in [0.4, 0.5) is 5.69 Å². The van der Waals surface area contributed by atoms with Crippen LogP contribution in [0, 0.1) is 17.0 Å². The van der Waals surface area contributed by atoms with Crippen molar-refractivity contribution in [1.82, 2.24) is 4.72 Å². The van der Waals surface area contributed by atoms with Crippen LogP contribution in [0.15, 0.2) is 53.4 Å². The zero-order valence-corrected chi connectivity index (χ0v) is 15.7. The lowest BCUT2D eigenvalue weighted by Crippen LogP contribution is -2.33. The minimum absolute atomic E-state index is 0.0174. The molecule has 0 spiro atoms. The van der Waals surface area contributed by atoms with Gasteiger partial charge in [0.1, 0.15) is 9.84 Å². The molecule has 0 aliphatic carbocycles. The van der Waals surface area contributed by atoms with Gasteiger partial charge in [0.25, 0.3) is 5.69 Å². The molecule has 0 saturated heterocycles. The maximum Gasteiger partial charge on any atom is 0.273 e. The molecule has 0 unspecified atom stereocenters. The molecule has 0 aliphatic heterocycles. The first-order valence-electron chi connectivity index (χ1n) is 7.50. The Balaban J connectivity index is 2.48. The number of nitro benzene ring substituents is 1. The largest absolute Gasteiger partial charge is 0.273 e. The number of nitro groups is 1. The summed E-state index contributed by atoms with van der Waals surface area (Å²) in [4.78, 5) is 10.1. The molecule has 1 atom stereocenters. The third kappa shape index (κ3) is 4.87. The van der Waals surface area contributed by atoms with Gasteiger partial charge in [-0.25, -0.2) is 21.6 Å². The maximum atomic E-state index is 12.8. The van der Waals surface area contributed by atoms with E-state index in [1.807, 2.05) is 0 Å². The summed E-state index contributed by atoms with van der Waals surface area (Å²) < 4.78 is 51.3. The molecule has 26 heavy (non-hydrogen) atoms. The van der Waals surface area contributed by atoms with E-state index in [0.717, 1.165) is 6.26 Å². The van der Waals surface area contributed by atoms with Crippen molar-refractivity contribution in [3.8, 4) is 0 Å². The highest BCUT2D eigenvalue weighted by Crippen LogP contribution is 2.26. The highest BCUT2D eigenvalue weighted by molar-refractivity contribution is 7.91. The first-order chi connectivity index (χ1) is 12.0. The highest BCUT2D eigenvalue weighted by Gasteiger charge is 2.28. The average Bonchev–Trinajstić information content (AvgIpc) is 2.53. The lowest BCUT2D eigenvalue weighted by atomic mass is 10.1. The van der Waals surface area contributed by atoms with Crippen molar-refractivity contribution in [3.05, 3.63) is 69.8 Å². The molecule has 8 nitrogen and oxygen atoms in total. The molecular weight excluding hydrogens is 380 g/mol. The van der Waals surface area contributed by atoms with Gasteiger partial charge in [0.2, 0.25) is 10.0 Å². The molecular formula is C16H18N2O6S2. The Hall–Kier alpha value is -2.30. The van der Waals surface area contributed by atoms with Gasteiger partial charge in [0.05, 0.1) is 21.6 Å². The first-order valence-corrected chi connectivity index (χ1v) is 11.0. The summed E-state index contributed by atoms with van der Waals surface area (Å²) in [5.74, 6) is -0.440. The predicted molar refractivity (Wildman–Crippen MR) is 97.0 cm³/mol. The third-order valence-electron chi connectivity index (χ3n) is 3.71. The van der Waals surface area contributed by atoms with Crippen LogP contribution in [0.3, 0.4) is 0 Å². The summed E-state index contributed by atoms with van der Waals surface area (Å²) in [5, 5.41) is 11.0. The van der Waals surface area contributed by atoms with Gasteiger partial charge in [-0.05, 0) is 18.6 Å². The Bertz CT molecular complexity index is 1020. The van der Waals surface area contributed by atoms with Crippen LogP contribution in [0.5, 0.6) is 0 Å². The number of rotatable bonds is 7. The smallest absolute Gasteiger partial charge is 0.258 e. The number of nitrogens with one attached hydrogen (secondary N) is 1.